The number of rotatable bonds is 8. The molecule has 0 spiro atoms. The van der Waals surface area contributed by atoms with E-state index >= 15 is 0 Å². The molecule has 0 aromatic rings. The summed E-state index contributed by atoms with van der Waals surface area (Å²) >= 11 is 0. The topological polar surface area (TPSA) is 47.6 Å². The van der Waals surface area contributed by atoms with Crippen molar-refractivity contribution in [1.29, 1.82) is 10.5 Å². The molecule has 0 unspecified atom stereocenters. The summed E-state index contributed by atoms with van der Waals surface area (Å²) in [4.78, 5) is 0. The average Bonchev–Trinajstić information content (AvgIpc) is 2.21. The van der Waals surface area contributed by atoms with Crippen molar-refractivity contribution in [3.63, 3.8) is 0 Å². The van der Waals surface area contributed by atoms with Crippen LogP contribution in [-0.2, 0) is 0 Å². The van der Waals surface area contributed by atoms with E-state index in [4.69, 9.17) is 10.5 Å². The second kappa shape index (κ2) is 10.5. The molecule has 0 aromatic carbocycles. The first-order chi connectivity index (χ1) is 6.85. The van der Waals surface area contributed by atoms with Gasteiger partial charge in [-0.3, -0.25) is 0 Å². The maximum atomic E-state index is 8.51. The molecule has 0 fully saturated rings. The Bertz CT molecular complexity index is 184. The van der Waals surface area contributed by atoms with Gasteiger partial charge in [0.05, 0.1) is 12.1 Å². The van der Waals surface area contributed by atoms with Crippen molar-refractivity contribution in [3.8, 4) is 12.1 Å². The first-order valence-electron chi connectivity index (χ1n) is 5.31. The summed E-state index contributed by atoms with van der Waals surface area (Å²) < 4.78 is 0. The van der Waals surface area contributed by atoms with Gasteiger partial charge in [0.25, 0.3) is 0 Å². The highest BCUT2D eigenvalue weighted by molar-refractivity contribution is 7.57. The fourth-order valence-corrected chi connectivity index (χ4v) is 3.51. The highest BCUT2D eigenvalue weighted by atomic mass is 31.1. The first-order valence-corrected chi connectivity index (χ1v) is 7.21. The SMILES string of the molecule is CCCCCP(CCC#N)CCC#N. The predicted octanol–water partition coefficient (Wildman–Crippen LogP) is 3.49. The maximum Gasteiger partial charge on any atom is 0.0625 e. The zero-order valence-corrected chi connectivity index (χ0v) is 9.89. The van der Waals surface area contributed by atoms with Crippen molar-refractivity contribution < 1.29 is 0 Å². The Morgan fingerprint density at radius 2 is 1.50 bits per heavy atom. The summed E-state index contributed by atoms with van der Waals surface area (Å²) in [6.07, 6.45) is 8.49. The molecule has 0 aliphatic rings. The van der Waals surface area contributed by atoms with Crippen molar-refractivity contribution in [1.82, 2.24) is 0 Å². The van der Waals surface area contributed by atoms with Gasteiger partial charge in [-0.2, -0.15) is 10.5 Å². The van der Waals surface area contributed by atoms with Gasteiger partial charge in [-0.1, -0.05) is 19.8 Å². The molecule has 0 rings (SSSR count). The maximum absolute atomic E-state index is 8.51. The molecule has 0 saturated carbocycles. The first kappa shape index (κ1) is 13.4. The summed E-state index contributed by atoms with van der Waals surface area (Å²) in [6.45, 7) is 2.20. The van der Waals surface area contributed by atoms with Gasteiger partial charge in [0.15, 0.2) is 0 Å². The Balaban J connectivity index is 3.62. The summed E-state index contributed by atoms with van der Waals surface area (Å²) in [5.41, 5.74) is 0. The minimum absolute atomic E-state index is 0.0290. The molecule has 0 atom stereocenters. The van der Waals surface area contributed by atoms with E-state index in [0.717, 1.165) is 12.3 Å². The van der Waals surface area contributed by atoms with Crippen LogP contribution in [0.3, 0.4) is 0 Å². The van der Waals surface area contributed by atoms with E-state index < -0.39 is 0 Å². The van der Waals surface area contributed by atoms with Crippen molar-refractivity contribution >= 4 is 7.92 Å². The van der Waals surface area contributed by atoms with E-state index in [9.17, 15) is 0 Å². The van der Waals surface area contributed by atoms with Crippen LogP contribution in [0.4, 0.5) is 0 Å². The van der Waals surface area contributed by atoms with E-state index in [1.807, 2.05) is 0 Å². The fourth-order valence-electron chi connectivity index (χ4n) is 1.34. The highest BCUT2D eigenvalue weighted by Gasteiger charge is 2.06. The second-order valence-corrected chi connectivity index (χ2v) is 6.05. The minimum Gasteiger partial charge on any atom is -0.198 e. The van der Waals surface area contributed by atoms with Crippen LogP contribution in [0, 0.1) is 22.7 Å². The third kappa shape index (κ3) is 8.03. The lowest BCUT2D eigenvalue weighted by Crippen LogP contribution is -1.94. The van der Waals surface area contributed by atoms with Gasteiger partial charge in [0, 0.05) is 12.8 Å². The lowest BCUT2D eigenvalue weighted by molar-refractivity contribution is 0.774. The lowest BCUT2D eigenvalue weighted by Gasteiger charge is -2.14. The van der Waals surface area contributed by atoms with Gasteiger partial charge in [0.2, 0.25) is 0 Å². The molecule has 0 amide bonds. The molecule has 0 saturated heterocycles. The molecule has 14 heavy (non-hydrogen) atoms. The number of nitrogens with zero attached hydrogens (tertiary/aromatic N) is 2. The second-order valence-electron chi connectivity index (χ2n) is 3.36. The Morgan fingerprint density at radius 1 is 0.929 bits per heavy atom. The van der Waals surface area contributed by atoms with Crippen LogP contribution >= 0.6 is 7.92 Å². The Morgan fingerprint density at radius 3 is 1.93 bits per heavy atom. The standard InChI is InChI=1S/C11H19N2P/c1-2-3-4-9-14(10-5-7-12)11-6-8-13/h2-6,9-11H2,1H3. The van der Waals surface area contributed by atoms with Gasteiger partial charge in [-0.05, 0) is 24.9 Å². The Kier molecular flexibility index (Phi) is 10.0. The van der Waals surface area contributed by atoms with Crippen molar-refractivity contribution in [2.24, 2.45) is 0 Å². The van der Waals surface area contributed by atoms with Gasteiger partial charge in [0.1, 0.15) is 0 Å². The Hall–Kier alpha value is -0.590. The van der Waals surface area contributed by atoms with Crippen molar-refractivity contribution in [2.45, 2.75) is 39.0 Å². The molecule has 0 radical (unpaired) electrons. The number of nitriles is 2. The van der Waals surface area contributed by atoms with Crippen LogP contribution in [0.1, 0.15) is 39.0 Å². The molecule has 2 nitrogen and oxygen atoms in total. The quantitative estimate of drug-likeness (QED) is 0.454. The largest absolute Gasteiger partial charge is 0.198 e. The zero-order valence-electron chi connectivity index (χ0n) is 9.00. The predicted molar refractivity (Wildman–Crippen MR) is 61.5 cm³/mol. The minimum atomic E-state index is -0.0290. The van der Waals surface area contributed by atoms with E-state index in [1.165, 1.54) is 25.4 Å². The molecule has 0 N–H and O–H groups in total. The van der Waals surface area contributed by atoms with Crippen LogP contribution in [-0.4, -0.2) is 18.5 Å². The third-order valence-corrected chi connectivity index (χ3v) is 4.82. The number of hydrogen-bond acceptors (Lipinski definition) is 2. The van der Waals surface area contributed by atoms with Gasteiger partial charge < -0.3 is 0 Å². The zero-order chi connectivity index (χ0) is 10.6. The van der Waals surface area contributed by atoms with Crippen molar-refractivity contribution in [2.75, 3.05) is 18.5 Å². The van der Waals surface area contributed by atoms with Crippen LogP contribution < -0.4 is 0 Å². The van der Waals surface area contributed by atoms with Crippen molar-refractivity contribution in [3.05, 3.63) is 0 Å². The van der Waals surface area contributed by atoms with Crippen LogP contribution in [0.15, 0.2) is 0 Å². The monoisotopic (exact) mass is 210 g/mol. The van der Waals surface area contributed by atoms with Gasteiger partial charge in [-0.15, -0.1) is 7.92 Å². The molecule has 0 aromatic heterocycles. The smallest absolute Gasteiger partial charge is 0.0625 e. The molecular formula is C11H19N2P. The summed E-state index contributed by atoms with van der Waals surface area (Å²) in [6, 6.07) is 4.40. The molecule has 0 bridgehead atoms. The lowest BCUT2D eigenvalue weighted by atomic mass is 10.3. The average molecular weight is 210 g/mol. The van der Waals surface area contributed by atoms with Gasteiger partial charge in [-0.25, -0.2) is 0 Å². The molecule has 0 aliphatic carbocycles. The van der Waals surface area contributed by atoms with Crippen LogP contribution in [0.5, 0.6) is 0 Å². The summed E-state index contributed by atoms with van der Waals surface area (Å²) in [7, 11) is -0.0290. The molecular weight excluding hydrogens is 191 g/mol. The number of hydrogen-bond donors (Lipinski definition) is 0. The summed E-state index contributed by atoms with van der Waals surface area (Å²) in [5.74, 6) is 0. The highest BCUT2D eigenvalue weighted by Crippen LogP contribution is 2.37. The fraction of sp³-hybridized carbons (Fsp3) is 0.818. The molecule has 0 heterocycles. The molecule has 3 heteroatoms. The van der Waals surface area contributed by atoms with Crippen LogP contribution in [0.25, 0.3) is 0 Å². The Labute approximate surface area is 88.7 Å². The molecule has 78 valence electrons. The van der Waals surface area contributed by atoms with E-state index in [1.54, 1.807) is 0 Å². The van der Waals surface area contributed by atoms with E-state index in [2.05, 4.69) is 19.1 Å². The van der Waals surface area contributed by atoms with Gasteiger partial charge >= 0.3 is 0 Å². The third-order valence-electron chi connectivity index (χ3n) is 2.16. The molecule has 0 aliphatic heterocycles. The van der Waals surface area contributed by atoms with E-state index in [0.29, 0.717) is 12.8 Å². The number of unbranched alkanes of at least 4 members (excludes halogenated alkanes) is 2. The van der Waals surface area contributed by atoms with Crippen LogP contribution in [0.2, 0.25) is 0 Å². The van der Waals surface area contributed by atoms with E-state index in [-0.39, 0.29) is 7.92 Å². The summed E-state index contributed by atoms with van der Waals surface area (Å²) in [5, 5.41) is 17.0. The normalized spacial score (nSPS) is 9.71.